The first-order chi connectivity index (χ1) is 16.7. The molecule has 1 amide bonds. The second-order valence-corrected chi connectivity index (χ2v) is 9.72. The molecule has 0 spiro atoms. The lowest BCUT2D eigenvalue weighted by molar-refractivity contribution is -0.143. The van der Waals surface area contributed by atoms with E-state index in [-0.39, 0.29) is 23.8 Å². The predicted octanol–water partition coefficient (Wildman–Crippen LogP) is 4.46. The van der Waals surface area contributed by atoms with Gasteiger partial charge < -0.3 is 25.6 Å². The van der Waals surface area contributed by atoms with Crippen molar-refractivity contribution in [3.05, 3.63) is 52.2 Å². The molecule has 1 heterocycles. The minimum Gasteiger partial charge on any atom is -0.496 e. The molecule has 2 aromatic rings. The zero-order chi connectivity index (χ0) is 25.5. The van der Waals surface area contributed by atoms with E-state index in [2.05, 4.69) is 15.6 Å². The van der Waals surface area contributed by atoms with Crippen molar-refractivity contribution in [3.63, 3.8) is 0 Å². The van der Waals surface area contributed by atoms with Gasteiger partial charge in [0.2, 0.25) is 0 Å². The Hall–Kier alpha value is -2.84. The Morgan fingerprint density at radius 3 is 2.51 bits per heavy atom. The third kappa shape index (κ3) is 7.32. The number of aliphatic hydroxyl groups is 1. The van der Waals surface area contributed by atoms with Crippen LogP contribution in [-0.2, 0) is 11.2 Å². The molecule has 4 N–H and O–H groups in total. The van der Waals surface area contributed by atoms with Crippen molar-refractivity contribution in [2.45, 2.75) is 58.1 Å². The first kappa shape index (κ1) is 26.8. The van der Waals surface area contributed by atoms with E-state index in [1.165, 1.54) is 6.20 Å². The highest BCUT2D eigenvalue weighted by Crippen LogP contribution is 2.31. The summed E-state index contributed by atoms with van der Waals surface area (Å²) in [7, 11) is 1.61. The molecule has 9 heteroatoms. The number of pyridine rings is 1. The molecule has 1 fully saturated rings. The summed E-state index contributed by atoms with van der Waals surface area (Å²) in [6.45, 7) is 4.21. The molecule has 2 unspecified atom stereocenters. The Bertz CT molecular complexity index is 1040. The Kier molecular flexibility index (Phi) is 9.34. The number of ether oxygens (including phenoxy) is 1. The van der Waals surface area contributed by atoms with E-state index in [0.717, 1.165) is 24.0 Å². The molecule has 1 saturated carbocycles. The number of nitrogens with one attached hydrogen (secondary N) is 2. The number of anilines is 1. The molecule has 190 valence electrons. The number of hydrogen-bond acceptors (Lipinski definition) is 6. The second kappa shape index (κ2) is 12.2. The molecule has 0 radical (unpaired) electrons. The summed E-state index contributed by atoms with van der Waals surface area (Å²) >= 11 is 6.45. The molecule has 0 aliphatic heterocycles. The molecule has 35 heavy (non-hydrogen) atoms. The van der Waals surface area contributed by atoms with Gasteiger partial charge in [-0.15, -0.1) is 0 Å². The van der Waals surface area contributed by atoms with Gasteiger partial charge in [0.25, 0.3) is 5.91 Å². The number of carbonyl (C=O) groups excluding carboxylic acids is 1. The Morgan fingerprint density at radius 2 is 1.91 bits per heavy atom. The lowest BCUT2D eigenvalue weighted by Gasteiger charge is -2.26. The Morgan fingerprint density at radius 1 is 1.20 bits per heavy atom. The molecule has 1 aliphatic rings. The van der Waals surface area contributed by atoms with Crippen LogP contribution in [0.2, 0.25) is 5.02 Å². The van der Waals surface area contributed by atoms with E-state index >= 15 is 0 Å². The topological polar surface area (TPSA) is 121 Å². The largest absolute Gasteiger partial charge is 0.496 e. The number of aliphatic hydroxyl groups excluding tert-OH is 1. The molecule has 1 aromatic heterocycles. The van der Waals surface area contributed by atoms with Gasteiger partial charge in [0, 0.05) is 18.3 Å². The monoisotopic (exact) mass is 503 g/mol. The van der Waals surface area contributed by atoms with Crippen LogP contribution in [0.15, 0.2) is 30.5 Å². The average molecular weight is 504 g/mol. The summed E-state index contributed by atoms with van der Waals surface area (Å²) in [6.07, 6.45) is 4.45. The number of methoxy groups -OCH3 is 1. The SMILES string of the molecule is COc1ccc(CC(C)O)cc1C(C)Nc1ncc(C(=O)NCC2CCC(C(=O)O)CC2)cc1Cl. The number of amides is 1. The number of benzene rings is 1. The predicted molar refractivity (Wildman–Crippen MR) is 135 cm³/mol. The normalized spacial score (nSPS) is 19.5. The summed E-state index contributed by atoms with van der Waals surface area (Å²) in [4.78, 5) is 28.1. The van der Waals surface area contributed by atoms with Gasteiger partial charge in [0.1, 0.15) is 11.6 Å². The molecule has 2 atom stereocenters. The van der Waals surface area contributed by atoms with Crippen LogP contribution in [-0.4, -0.2) is 46.8 Å². The number of rotatable bonds is 10. The van der Waals surface area contributed by atoms with Crippen LogP contribution in [0.4, 0.5) is 5.82 Å². The van der Waals surface area contributed by atoms with Gasteiger partial charge in [-0.05, 0) is 75.6 Å². The van der Waals surface area contributed by atoms with Crippen LogP contribution in [0.25, 0.3) is 0 Å². The van der Waals surface area contributed by atoms with Gasteiger partial charge in [0.15, 0.2) is 0 Å². The number of carboxylic acids is 1. The smallest absolute Gasteiger partial charge is 0.306 e. The second-order valence-electron chi connectivity index (χ2n) is 9.32. The van der Waals surface area contributed by atoms with Gasteiger partial charge in [-0.3, -0.25) is 9.59 Å². The standard InChI is InChI=1S/C26H34ClN3O5/c1-15(31)10-18-6-9-23(35-3)21(11-18)16(2)30-24-22(27)12-20(14-28-24)25(32)29-13-17-4-7-19(8-5-17)26(33)34/h6,9,11-12,14-17,19,31H,4-5,7-8,10,13H2,1-3H3,(H,28,30)(H,29,32)(H,33,34). The van der Waals surface area contributed by atoms with Crippen molar-refractivity contribution in [2.75, 3.05) is 19.0 Å². The van der Waals surface area contributed by atoms with E-state index in [1.807, 2.05) is 25.1 Å². The van der Waals surface area contributed by atoms with Crippen LogP contribution < -0.4 is 15.4 Å². The highest BCUT2D eigenvalue weighted by molar-refractivity contribution is 6.33. The van der Waals surface area contributed by atoms with Crippen molar-refractivity contribution >= 4 is 29.3 Å². The van der Waals surface area contributed by atoms with Crippen molar-refractivity contribution in [2.24, 2.45) is 11.8 Å². The fourth-order valence-corrected chi connectivity index (χ4v) is 4.71. The fraction of sp³-hybridized carbons (Fsp3) is 0.500. The van der Waals surface area contributed by atoms with Gasteiger partial charge in [0.05, 0.1) is 35.8 Å². The quantitative estimate of drug-likeness (QED) is 0.377. The van der Waals surface area contributed by atoms with Crippen LogP contribution in [0, 0.1) is 11.8 Å². The summed E-state index contributed by atoms with van der Waals surface area (Å²) < 4.78 is 5.50. The highest BCUT2D eigenvalue weighted by atomic mass is 35.5. The maximum absolute atomic E-state index is 12.6. The Labute approximate surface area is 211 Å². The van der Waals surface area contributed by atoms with E-state index in [0.29, 0.717) is 48.0 Å². The number of hydrogen-bond donors (Lipinski definition) is 4. The third-order valence-electron chi connectivity index (χ3n) is 6.50. The first-order valence-electron chi connectivity index (χ1n) is 12.0. The number of carboxylic acid groups (broad SMARTS) is 1. The number of nitrogens with zero attached hydrogens (tertiary/aromatic N) is 1. The average Bonchev–Trinajstić information content (AvgIpc) is 2.83. The van der Waals surface area contributed by atoms with Crippen LogP contribution >= 0.6 is 11.6 Å². The number of aliphatic carboxylic acids is 1. The molecular weight excluding hydrogens is 470 g/mol. The minimum absolute atomic E-state index is 0.190. The maximum atomic E-state index is 12.6. The van der Waals surface area contributed by atoms with Gasteiger partial charge >= 0.3 is 5.97 Å². The molecular formula is C26H34ClN3O5. The fourth-order valence-electron chi connectivity index (χ4n) is 4.49. The zero-order valence-electron chi connectivity index (χ0n) is 20.4. The van der Waals surface area contributed by atoms with Gasteiger partial charge in [-0.25, -0.2) is 4.98 Å². The number of aromatic nitrogens is 1. The molecule has 8 nitrogen and oxygen atoms in total. The van der Waals surface area contributed by atoms with Crippen LogP contribution in [0.5, 0.6) is 5.75 Å². The summed E-state index contributed by atoms with van der Waals surface area (Å²) in [6, 6.07) is 7.19. The van der Waals surface area contributed by atoms with Crippen LogP contribution in [0.3, 0.4) is 0 Å². The van der Waals surface area contributed by atoms with E-state index in [4.69, 9.17) is 21.4 Å². The zero-order valence-corrected chi connectivity index (χ0v) is 21.1. The molecule has 3 rings (SSSR count). The Balaban J connectivity index is 1.61. The van der Waals surface area contributed by atoms with Gasteiger partial charge in [-0.1, -0.05) is 17.7 Å². The maximum Gasteiger partial charge on any atom is 0.306 e. The highest BCUT2D eigenvalue weighted by Gasteiger charge is 2.26. The van der Waals surface area contributed by atoms with Crippen molar-refractivity contribution in [1.82, 2.24) is 10.3 Å². The van der Waals surface area contributed by atoms with E-state index in [9.17, 15) is 14.7 Å². The third-order valence-corrected chi connectivity index (χ3v) is 6.78. The molecule has 0 saturated heterocycles. The summed E-state index contributed by atoms with van der Waals surface area (Å²) in [5.74, 6) is 0.177. The first-order valence-corrected chi connectivity index (χ1v) is 12.3. The number of carbonyl (C=O) groups is 2. The molecule has 1 aliphatic carbocycles. The molecule has 0 bridgehead atoms. The minimum atomic E-state index is -0.734. The summed E-state index contributed by atoms with van der Waals surface area (Å²) in [5.41, 5.74) is 2.26. The van der Waals surface area contributed by atoms with Crippen LogP contribution in [0.1, 0.15) is 67.1 Å². The van der Waals surface area contributed by atoms with Crippen molar-refractivity contribution in [3.8, 4) is 5.75 Å². The molecule has 1 aromatic carbocycles. The van der Waals surface area contributed by atoms with Gasteiger partial charge in [-0.2, -0.15) is 0 Å². The summed E-state index contributed by atoms with van der Waals surface area (Å²) in [5, 5.41) is 25.4. The van der Waals surface area contributed by atoms with Crippen molar-refractivity contribution in [1.29, 1.82) is 0 Å². The lowest BCUT2D eigenvalue weighted by Crippen LogP contribution is -2.32. The van der Waals surface area contributed by atoms with Crippen molar-refractivity contribution < 1.29 is 24.5 Å². The number of halogens is 1. The van der Waals surface area contributed by atoms with E-state index < -0.39 is 12.1 Å². The van der Waals surface area contributed by atoms with E-state index in [1.54, 1.807) is 20.1 Å². The lowest BCUT2D eigenvalue weighted by atomic mass is 9.82.